The van der Waals surface area contributed by atoms with E-state index in [0.29, 0.717) is 18.3 Å². The topological polar surface area (TPSA) is 63.2 Å². The lowest BCUT2D eigenvalue weighted by molar-refractivity contribution is -0.123. The molecule has 0 unspecified atom stereocenters. The van der Waals surface area contributed by atoms with Gasteiger partial charge in [-0.15, -0.1) is 0 Å². The highest BCUT2D eigenvalue weighted by molar-refractivity contribution is 7.91. The van der Waals surface area contributed by atoms with Gasteiger partial charge in [0.2, 0.25) is 5.91 Å². The Kier molecular flexibility index (Phi) is 2.69. The fraction of sp³-hybridized carbons (Fsp3) is 0.917. The van der Waals surface area contributed by atoms with Crippen LogP contribution in [0.15, 0.2) is 0 Å². The van der Waals surface area contributed by atoms with Crippen molar-refractivity contribution in [3.8, 4) is 0 Å². The second-order valence-corrected chi connectivity index (χ2v) is 7.98. The van der Waals surface area contributed by atoms with Crippen molar-refractivity contribution in [2.45, 2.75) is 38.1 Å². The van der Waals surface area contributed by atoms with E-state index in [1.54, 1.807) is 0 Å². The first kappa shape index (κ1) is 11.5. The number of sulfone groups is 1. The van der Waals surface area contributed by atoms with Crippen LogP contribution in [0.3, 0.4) is 0 Å². The van der Waals surface area contributed by atoms with Crippen LogP contribution in [0.2, 0.25) is 0 Å². The second-order valence-electron chi connectivity index (χ2n) is 5.75. The summed E-state index contributed by atoms with van der Waals surface area (Å²) >= 11 is 0. The smallest absolute Gasteiger partial charge is 0.223 e. The number of rotatable bonds is 2. The van der Waals surface area contributed by atoms with Crippen molar-refractivity contribution < 1.29 is 13.2 Å². The maximum absolute atomic E-state index is 12.0. The van der Waals surface area contributed by atoms with Crippen molar-refractivity contribution >= 4 is 15.7 Å². The van der Waals surface area contributed by atoms with Gasteiger partial charge >= 0.3 is 0 Å². The molecule has 0 aromatic carbocycles. The molecule has 4 nitrogen and oxygen atoms in total. The molecule has 0 spiro atoms. The van der Waals surface area contributed by atoms with Crippen LogP contribution in [0.25, 0.3) is 0 Å². The number of nitrogens with one attached hydrogen (secondary N) is 1. The molecule has 1 aliphatic heterocycles. The minimum Gasteiger partial charge on any atom is -0.352 e. The van der Waals surface area contributed by atoms with Gasteiger partial charge in [0, 0.05) is 12.0 Å². The summed E-state index contributed by atoms with van der Waals surface area (Å²) in [5.74, 6) is 1.88. The Balaban J connectivity index is 1.55. The molecular weight excluding hydrogens is 238 g/mol. The maximum atomic E-state index is 12.0. The SMILES string of the molecule is O=C(N[C@@H]1CCS(=O)(=O)C1)C1[C@@H]2CCCC[C@@H]12. The average molecular weight is 257 g/mol. The highest BCUT2D eigenvalue weighted by atomic mass is 32.2. The summed E-state index contributed by atoms with van der Waals surface area (Å²) in [6, 6.07) is -0.129. The van der Waals surface area contributed by atoms with Gasteiger partial charge in [-0.05, 0) is 31.1 Å². The first-order valence-corrected chi connectivity index (χ1v) is 8.40. The van der Waals surface area contributed by atoms with E-state index in [4.69, 9.17) is 0 Å². The molecule has 0 aromatic heterocycles. The van der Waals surface area contributed by atoms with E-state index in [9.17, 15) is 13.2 Å². The number of hydrogen-bond donors (Lipinski definition) is 1. The van der Waals surface area contributed by atoms with E-state index >= 15 is 0 Å². The van der Waals surface area contributed by atoms with Crippen molar-refractivity contribution in [1.29, 1.82) is 0 Å². The molecule has 5 heteroatoms. The summed E-state index contributed by atoms with van der Waals surface area (Å²) < 4.78 is 22.6. The summed E-state index contributed by atoms with van der Waals surface area (Å²) in [7, 11) is -2.89. The summed E-state index contributed by atoms with van der Waals surface area (Å²) in [4.78, 5) is 12.0. The summed E-state index contributed by atoms with van der Waals surface area (Å²) in [6.07, 6.45) is 5.47. The standard InChI is InChI=1S/C12H19NO3S/c14-12(11-9-3-1-2-4-10(9)11)13-8-5-6-17(15,16)7-8/h8-11H,1-7H2,(H,13,14)/t8-,9-,10-/m1/s1. The summed E-state index contributed by atoms with van der Waals surface area (Å²) in [6.45, 7) is 0. The van der Waals surface area contributed by atoms with Crippen LogP contribution in [0, 0.1) is 17.8 Å². The van der Waals surface area contributed by atoms with E-state index in [1.807, 2.05) is 0 Å². The third-order valence-corrected chi connectivity index (χ3v) is 6.31. The van der Waals surface area contributed by atoms with E-state index in [2.05, 4.69) is 5.32 Å². The van der Waals surface area contributed by atoms with Crippen LogP contribution in [0.5, 0.6) is 0 Å². The van der Waals surface area contributed by atoms with Gasteiger partial charge in [-0.25, -0.2) is 8.42 Å². The Hall–Kier alpha value is -0.580. The molecule has 96 valence electrons. The largest absolute Gasteiger partial charge is 0.352 e. The van der Waals surface area contributed by atoms with Crippen LogP contribution >= 0.6 is 0 Å². The lowest BCUT2D eigenvalue weighted by Gasteiger charge is -2.10. The fourth-order valence-electron chi connectivity index (χ4n) is 3.59. The molecule has 0 radical (unpaired) electrons. The van der Waals surface area contributed by atoms with E-state index in [-0.39, 0.29) is 29.4 Å². The number of fused-ring (bicyclic) bond motifs is 1. The first-order valence-electron chi connectivity index (χ1n) is 6.58. The second kappa shape index (κ2) is 3.97. The third kappa shape index (κ3) is 2.21. The van der Waals surface area contributed by atoms with Crippen molar-refractivity contribution in [3.05, 3.63) is 0 Å². The van der Waals surface area contributed by atoms with E-state index in [0.717, 1.165) is 0 Å². The predicted octanol–water partition coefficient (Wildman–Crippen LogP) is 0.726. The fourth-order valence-corrected chi connectivity index (χ4v) is 5.26. The molecule has 1 amide bonds. The molecule has 3 aliphatic rings. The summed E-state index contributed by atoms with van der Waals surface area (Å²) in [5, 5.41) is 2.93. The Bertz CT molecular complexity index is 419. The molecule has 3 atom stereocenters. The van der Waals surface area contributed by atoms with Crippen LogP contribution in [0.4, 0.5) is 0 Å². The predicted molar refractivity (Wildman–Crippen MR) is 64.1 cm³/mol. The lowest BCUT2D eigenvalue weighted by atomic mass is 10.0. The Morgan fingerprint density at radius 2 is 1.71 bits per heavy atom. The Labute approximate surface area is 102 Å². The number of hydrogen-bond acceptors (Lipinski definition) is 3. The van der Waals surface area contributed by atoms with Gasteiger partial charge in [-0.3, -0.25) is 4.79 Å². The quantitative estimate of drug-likeness (QED) is 0.793. The van der Waals surface area contributed by atoms with Gasteiger partial charge in [0.05, 0.1) is 11.5 Å². The molecule has 2 saturated carbocycles. The van der Waals surface area contributed by atoms with Gasteiger partial charge in [-0.1, -0.05) is 12.8 Å². The van der Waals surface area contributed by atoms with Crippen LogP contribution in [-0.2, 0) is 14.6 Å². The Morgan fingerprint density at radius 3 is 2.24 bits per heavy atom. The molecular formula is C12H19NO3S. The lowest BCUT2D eigenvalue weighted by Crippen LogP contribution is -2.37. The zero-order valence-corrected chi connectivity index (χ0v) is 10.7. The molecule has 0 bridgehead atoms. The van der Waals surface area contributed by atoms with Crippen LogP contribution in [0.1, 0.15) is 32.1 Å². The average Bonchev–Trinajstić information content (AvgIpc) is 2.91. The van der Waals surface area contributed by atoms with Crippen molar-refractivity contribution in [1.82, 2.24) is 5.32 Å². The van der Waals surface area contributed by atoms with Gasteiger partial charge in [0.25, 0.3) is 0 Å². The molecule has 2 aliphatic carbocycles. The molecule has 1 heterocycles. The molecule has 17 heavy (non-hydrogen) atoms. The monoisotopic (exact) mass is 257 g/mol. The number of carbonyl (C=O) groups excluding carboxylic acids is 1. The highest BCUT2D eigenvalue weighted by Gasteiger charge is 2.55. The zero-order chi connectivity index (χ0) is 12.0. The Morgan fingerprint density at radius 1 is 1.06 bits per heavy atom. The van der Waals surface area contributed by atoms with Crippen LogP contribution < -0.4 is 5.32 Å². The zero-order valence-electron chi connectivity index (χ0n) is 9.89. The molecule has 3 fully saturated rings. The van der Waals surface area contributed by atoms with Crippen molar-refractivity contribution in [2.75, 3.05) is 11.5 Å². The van der Waals surface area contributed by atoms with Gasteiger partial charge in [-0.2, -0.15) is 0 Å². The first-order chi connectivity index (χ1) is 8.07. The van der Waals surface area contributed by atoms with Crippen molar-refractivity contribution in [3.63, 3.8) is 0 Å². The summed E-state index contributed by atoms with van der Waals surface area (Å²) in [5.41, 5.74) is 0. The van der Waals surface area contributed by atoms with Crippen molar-refractivity contribution in [2.24, 2.45) is 17.8 Å². The van der Waals surface area contributed by atoms with Gasteiger partial charge in [0.1, 0.15) is 0 Å². The third-order valence-electron chi connectivity index (χ3n) is 4.54. The van der Waals surface area contributed by atoms with E-state index in [1.165, 1.54) is 25.7 Å². The number of carbonyl (C=O) groups is 1. The molecule has 0 aromatic rings. The minimum absolute atomic E-state index is 0.115. The van der Waals surface area contributed by atoms with Gasteiger partial charge in [0.15, 0.2) is 9.84 Å². The molecule has 1 N–H and O–H groups in total. The van der Waals surface area contributed by atoms with Crippen LogP contribution in [-0.4, -0.2) is 31.9 Å². The normalized spacial score (nSPS) is 42.8. The van der Waals surface area contributed by atoms with Gasteiger partial charge < -0.3 is 5.32 Å². The van der Waals surface area contributed by atoms with E-state index < -0.39 is 9.84 Å². The molecule has 3 rings (SSSR count). The minimum atomic E-state index is -2.89. The molecule has 1 saturated heterocycles. The number of amides is 1. The maximum Gasteiger partial charge on any atom is 0.223 e. The highest BCUT2D eigenvalue weighted by Crippen LogP contribution is 2.55.